The zero-order chi connectivity index (χ0) is 16.2. The van der Waals surface area contributed by atoms with Crippen LogP contribution in [0, 0.1) is 0 Å². The first-order chi connectivity index (χ1) is 10.9. The van der Waals surface area contributed by atoms with Crippen molar-refractivity contribution in [2.45, 2.75) is 6.36 Å². The smallest absolute Gasteiger partial charge is 0.406 e. The first-order valence-electron chi connectivity index (χ1n) is 6.47. The van der Waals surface area contributed by atoms with Gasteiger partial charge in [-0.1, -0.05) is 0 Å². The summed E-state index contributed by atoms with van der Waals surface area (Å²) in [7, 11) is 0. The minimum Gasteiger partial charge on any atom is -0.406 e. The Kier molecular flexibility index (Phi) is 2.62. The predicted octanol–water partition coefficient (Wildman–Crippen LogP) is 2.62. The van der Waals surface area contributed by atoms with Crippen LogP contribution in [0.1, 0.15) is 0 Å². The predicted molar refractivity (Wildman–Crippen MR) is 75.3 cm³/mol. The maximum atomic E-state index is 12.4. The van der Waals surface area contributed by atoms with Gasteiger partial charge in [0, 0.05) is 23.8 Å². The molecule has 0 aliphatic carbocycles. The third kappa shape index (κ3) is 2.17. The number of alkyl halides is 3. The molecule has 0 amide bonds. The summed E-state index contributed by atoms with van der Waals surface area (Å²) in [4.78, 5) is 20.8. The van der Waals surface area contributed by atoms with Crippen LogP contribution in [0.2, 0.25) is 0 Å². The summed E-state index contributed by atoms with van der Waals surface area (Å²) in [6.07, 6.45) is -1.91. The molecule has 0 saturated carbocycles. The highest BCUT2D eigenvalue weighted by molar-refractivity contribution is 6.03. The average Bonchev–Trinajstić information content (AvgIpc) is 2.94. The van der Waals surface area contributed by atoms with Gasteiger partial charge in [-0.2, -0.15) is 0 Å². The summed E-state index contributed by atoms with van der Waals surface area (Å²) in [5, 5.41) is 3.22. The summed E-state index contributed by atoms with van der Waals surface area (Å²) >= 11 is 0. The molecule has 23 heavy (non-hydrogen) atoms. The van der Waals surface area contributed by atoms with E-state index < -0.39 is 12.1 Å². The van der Waals surface area contributed by atoms with E-state index in [2.05, 4.69) is 19.8 Å². The van der Waals surface area contributed by atoms with Gasteiger partial charge in [0.05, 0.1) is 16.4 Å². The molecule has 0 spiro atoms. The second kappa shape index (κ2) is 4.45. The Morgan fingerprint density at radius 3 is 2.78 bits per heavy atom. The van der Waals surface area contributed by atoms with E-state index in [1.165, 1.54) is 29.0 Å². The normalized spacial score (nSPS) is 12.3. The van der Waals surface area contributed by atoms with Gasteiger partial charge in [0.1, 0.15) is 5.75 Å². The van der Waals surface area contributed by atoms with E-state index in [1.54, 1.807) is 6.07 Å². The van der Waals surface area contributed by atoms with Crippen molar-refractivity contribution in [3.63, 3.8) is 0 Å². The standard InChI is InChI=1S/C14H7F3N4O2/c15-14(16,17)23-7-1-2-10-8(5-7)12-9(6-18-10)13(22)21-11(20-12)3-4-19-21/h1-6,19H. The highest BCUT2D eigenvalue weighted by Gasteiger charge is 2.31. The van der Waals surface area contributed by atoms with Gasteiger partial charge in [-0.25, -0.2) is 9.50 Å². The molecule has 9 heteroatoms. The van der Waals surface area contributed by atoms with Crippen molar-refractivity contribution in [2.75, 3.05) is 0 Å². The topological polar surface area (TPSA) is 72.3 Å². The number of aromatic nitrogens is 4. The van der Waals surface area contributed by atoms with Crippen molar-refractivity contribution in [3.05, 3.63) is 47.0 Å². The number of hydrogen-bond donors (Lipinski definition) is 1. The van der Waals surface area contributed by atoms with E-state index >= 15 is 0 Å². The van der Waals surface area contributed by atoms with Gasteiger partial charge in [-0.3, -0.25) is 14.9 Å². The molecule has 1 N–H and O–H groups in total. The lowest BCUT2D eigenvalue weighted by molar-refractivity contribution is -0.274. The van der Waals surface area contributed by atoms with E-state index in [4.69, 9.17) is 0 Å². The first-order valence-corrected chi connectivity index (χ1v) is 6.47. The number of halogens is 3. The van der Waals surface area contributed by atoms with Crippen molar-refractivity contribution < 1.29 is 17.9 Å². The number of nitrogens with one attached hydrogen (secondary N) is 1. The number of rotatable bonds is 1. The van der Waals surface area contributed by atoms with Gasteiger partial charge in [-0.15, -0.1) is 13.2 Å². The molecule has 4 rings (SSSR count). The third-order valence-electron chi connectivity index (χ3n) is 3.37. The maximum Gasteiger partial charge on any atom is 0.573 e. The summed E-state index contributed by atoms with van der Waals surface area (Å²) in [5.41, 5.74) is 0.662. The van der Waals surface area contributed by atoms with E-state index in [-0.39, 0.29) is 16.5 Å². The zero-order valence-electron chi connectivity index (χ0n) is 11.3. The Morgan fingerprint density at radius 2 is 2.00 bits per heavy atom. The van der Waals surface area contributed by atoms with Crippen molar-refractivity contribution in [3.8, 4) is 5.75 Å². The van der Waals surface area contributed by atoms with E-state index in [0.29, 0.717) is 16.6 Å². The molecule has 3 heterocycles. The Balaban J connectivity index is 2.07. The van der Waals surface area contributed by atoms with Crippen molar-refractivity contribution in [1.82, 2.24) is 19.6 Å². The highest BCUT2D eigenvalue weighted by atomic mass is 19.4. The number of ether oxygens (including phenoxy) is 1. The molecule has 6 nitrogen and oxygen atoms in total. The first kappa shape index (κ1) is 13.6. The third-order valence-corrected chi connectivity index (χ3v) is 3.37. The highest BCUT2D eigenvalue weighted by Crippen LogP contribution is 2.28. The molecule has 0 saturated heterocycles. The van der Waals surface area contributed by atoms with Crippen LogP contribution in [0.3, 0.4) is 0 Å². The fraction of sp³-hybridized carbons (Fsp3) is 0.0714. The van der Waals surface area contributed by atoms with Crippen LogP contribution in [0.25, 0.3) is 27.5 Å². The fourth-order valence-electron chi connectivity index (χ4n) is 2.44. The largest absolute Gasteiger partial charge is 0.573 e. The number of fused-ring (bicyclic) bond motifs is 4. The summed E-state index contributed by atoms with van der Waals surface area (Å²) in [5.74, 6) is -0.393. The Labute approximate surface area is 125 Å². The van der Waals surface area contributed by atoms with Gasteiger partial charge in [0.2, 0.25) is 0 Å². The summed E-state index contributed by atoms with van der Waals surface area (Å²) < 4.78 is 42.3. The summed E-state index contributed by atoms with van der Waals surface area (Å²) in [6.45, 7) is 0. The number of H-pyrrole nitrogens is 1. The monoisotopic (exact) mass is 320 g/mol. The number of aromatic amines is 1. The van der Waals surface area contributed by atoms with Crippen LogP contribution in [0.15, 0.2) is 41.5 Å². The van der Waals surface area contributed by atoms with Gasteiger partial charge < -0.3 is 4.74 Å². The lowest BCUT2D eigenvalue weighted by atomic mass is 10.1. The minimum absolute atomic E-state index is 0.196. The zero-order valence-corrected chi connectivity index (χ0v) is 11.3. The van der Waals surface area contributed by atoms with Crippen molar-refractivity contribution in [1.29, 1.82) is 0 Å². The Morgan fingerprint density at radius 1 is 1.17 bits per heavy atom. The van der Waals surface area contributed by atoms with Crippen LogP contribution >= 0.6 is 0 Å². The average molecular weight is 320 g/mol. The van der Waals surface area contributed by atoms with E-state index in [9.17, 15) is 18.0 Å². The number of nitrogens with zero attached hydrogens (tertiary/aromatic N) is 3. The number of hydrogen-bond acceptors (Lipinski definition) is 4. The molecule has 1 aromatic carbocycles. The quantitative estimate of drug-likeness (QED) is 0.547. The van der Waals surface area contributed by atoms with Crippen molar-refractivity contribution in [2.24, 2.45) is 0 Å². The van der Waals surface area contributed by atoms with Gasteiger partial charge in [0.15, 0.2) is 5.65 Å². The molecule has 4 aromatic rings. The molecule has 0 unspecified atom stereocenters. The van der Waals surface area contributed by atoms with Gasteiger partial charge in [-0.05, 0) is 18.2 Å². The van der Waals surface area contributed by atoms with Crippen molar-refractivity contribution >= 4 is 27.5 Å². The van der Waals surface area contributed by atoms with Crippen LogP contribution in [-0.4, -0.2) is 25.9 Å². The molecule has 0 bridgehead atoms. The Hall–Kier alpha value is -3.10. The van der Waals surface area contributed by atoms with Gasteiger partial charge in [0.25, 0.3) is 5.56 Å². The molecule has 3 aromatic heterocycles. The number of pyridine rings is 1. The molecular formula is C14H7F3N4O2. The summed E-state index contributed by atoms with van der Waals surface area (Å²) in [6, 6.07) is 5.31. The Bertz CT molecular complexity index is 1110. The molecule has 0 atom stereocenters. The second-order valence-electron chi connectivity index (χ2n) is 4.82. The molecule has 0 aliphatic heterocycles. The van der Waals surface area contributed by atoms with E-state index in [0.717, 1.165) is 6.07 Å². The van der Waals surface area contributed by atoms with E-state index in [1.807, 2.05) is 0 Å². The SMILES string of the molecule is O=c1c2cnc3ccc(OC(F)(F)F)cc3c2nc2cc[nH]n12. The lowest BCUT2D eigenvalue weighted by Crippen LogP contribution is -2.17. The molecule has 0 radical (unpaired) electrons. The number of benzene rings is 1. The van der Waals surface area contributed by atoms with Crippen LogP contribution in [-0.2, 0) is 0 Å². The molecule has 0 fully saturated rings. The lowest BCUT2D eigenvalue weighted by Gasteiger charge is -2.10. The van der Waals surface area contributed by atoms with Crippen LogP contribution in [0.4, 0.5) is 13.2 Å². The second-order valence-corrected chi connectivity index (χ2v) is 4.82. The molecule has 0 aliphatic rings. The van der Waals surface area contributed by atoms with Crippen LogP contribution < -0.4 is 10.3 Å². The minimum atomic E-state index is -4.80. The molecule has 116 valence electrons. The van der Waals surface area contributed by atoms with Crippen LogP contribution in [0.5, 0.6) is 5.75 Å². The van der Waals surface area contributed by atoms with Gasteiger partial charge >= 0.3 is 6.36 Å². The maximum absolute atomic E-state index is 12.4. The fourth-order valence-corrected chi connectivity index (χ4v) is 2.44. The molecular weight excluding hydrogens is 313 g/mol.